The lowest BCUT2D eigenvalue weighted by molar-refractivity contribution is -0.0238. The van der Waals surface area contributed by atoms with Gasteiger partial charge in [0, 0.05) is 50.2 Å². The lowest BCUT2D eigenvalue weighted by atomic mass is 9.84. The molecule has 0 saturated carbocycles. The van der Waals surface area contributed by atoms with E-state index in [0.717, 1.165) is 47.1 Å². The number of piperidine rings is 1. The molecule has 1 aliphatic rings. The highest BCUT2D eigenvalue weighted by molar-refractivity contribution is 5.96. The minimum atomic E-state index is -0.863. The molecule has 0 atom stereocenters. The molecule has 0 spiro atoms. The Bertz CT molecular complexity index is 1430. The van der Waals surface area contributed by atoms with Crippen molar-refractivity contribution >= 4 is 27.8 Å². The van der Waals surface area contributed by atoms with Gasteiger partial charge < -0.3 is 14.4 Å². The van der Waals surface area contributed by atoms with Gasteiger partial charge >= 0.3 is 0 Å². The van der Waals surface area contributed by atoms with Crippen molar-refractivity contribution in [3.05, 3.63) is 89.3 Å². The van der Waals surface area contributed by atoms with E-state index in [1.165, 1.54) is 5.57 Å². The number of pyridine rings is 1. The van der Waals surface area contributed by atoms with Gasteiger partial charge in [-0.1, -0.05) is 29.8 Å². The molecule has 3 heterocycles. The third-order valence-electron chi connectivity index (χ3n) is 7.35. The van der Waals surface area contributed by atoms with E-state index in [1.807, 2.05) is 42.5 Å². The van der Waals surface area contributed by atoms with Gasteiger partial charge in [-0.05, 0) is 74.2 Å². The predicted octanol–water partition coefficient (Wildman–Crippen LogP) is 5.50. The average molecular weight is 484 g/mol. The number of allylic oxidation sites excluding steroid dienone is 1. The molecular weight excluding hydrogens is 450 g/mol. The highest BCUT2D eigenvalue weighted by Crippen LogP contribution is 2.35. The van der Waals surface area contributed by atoms with Crippen LogP contribution >= 0.6 is 0 Å². The number of benzene rings is 2. The standard InChI is InChI=1S/C30H33N3O3/c1-4-21(2)19-33-14-11-30(35,12-15-33)25-8-10-27-24(17-25)18-28(36-27)29(34)32(3)20-22-7-9-26-23(16-22)6-5-13-31-26/h4-10,13,16-18,35H,11-12,14-15,19-20H2,1-3H3. The maximum absolute atomic E-state index is 13.1. The molecule has 1 amide bonds. The second kappa shape index (κ2) is 9.88. The Hall–Kier alpha value is -3.48. The van der Waals surface area contributed by atoms with Gasteiger partial charge in [0.15, 0.2) is 5.76 Å². The van der Waals surface area contributed by atoms with E-state index in [4.69, 9.17) is 4.42 Å². The molecule has 6 nitrogen and oxygen atoms in total. The van der Waals surface area contributed by atoms with Crippen LogP contribution in [0.2, 0.25) is 0 Å². The first kappa shape index (κ1) is 24.2. The molecule has 5 rings (SSSR count). The minimum absolute atomic E-state index is 0.176. The molecular formula is C30H33N3O3. The van der Waals surface area contributed by atoms with Crippen molar-refractivity contribution < 1.29 is 14.3 Å². The average Bonchev–Trinajstić information content (AvgIpc) is 3.33. The van der Waals surface area contributed by atoms with Gasteiger partial charge in [-0.25, -0.2) is 0 Å². The van der Waals surface area contributed by atoms with Crippen molar-refractivity contribution in [3.8, 4) is 0 Å². The zero-order valence-corrected chi connectivity index (χ0v) is 21.2. The first-order chi connectivity index (χ1) is 17.3. The molecule has 1 saturated heterocycles. The van der Waals surface area contributed by atoms with Gasteiger partial charge in [0.05, 0.1) is 11.1 Å². The smallest absolute Gasteiger partial charge is 0.289 e. The van der Waals surface area contributed by atoms with Crippen LogP contribution < -0.4 is 0 Å². The van der Waals surface area contributed by atoms with Crippen molar-refractivity contribution in [2.75, 3.05) is 26.7 Å². The number of hydrogen-bond donors (Lipinski definition) is 1. The van der Waals surface area contributed by atoms with E-state index < -0.39 is 5.60 Å². The van der Waals surface area contributed by atoms with E-state index in [9.17, 15) is 9.90 Å². The fourth-order valence-corrected chi connectivity index (χ4v) is 5.01. The van der Waals surface area contributed by atoms with Crippen LogP contribution in [0.4, 0.5) is 0 Å². The molecule has 2 aromatic heterocycles. The Kier molecular flexibility index (Phi) is 6.65. The topological polar surface area (TPSA) is 69.8 Å². The number of carbonyl (C=O) groups is 1. The number of hydrogen-bond acceptors (Lipinski definition) is 5. The van der Waals surface area contributed by atoms with Crippen molar-refractivity contribution in [1.82, 2.24) is 14.8 Å². The van der Waals surface area contributed by atoms with Crippen molar-refractivity contribution in [3.63, 3.8) is 0 Å². The van der Waals surface area contributed by atoms with Gasteiger partial charge in [-0.3, -0.25) is 14.7 Å². The van der Waals surface area contributed by atoms with Gasteiger partial charge in [-0.15, -0.1) is 0 Å². The number of aliphatic hydroxyl groups is 1. The summed E-state index contributed by atoms with van der Waals surface area (Å²) in [7, 11) is 1.78. The Labute approximate surface area is 211 Å². The zero-order chi connectivity index (χ0) is 25.3. The van der Waals surface area contributed by atoms with Crippen LogP contribution in [-0.4, -0.2) is 52.5 Å². The Morgan fingerprint density at radius 3 is 2.72 bits per heavy atom. The van der Waals surface area contributed by atoms with E-state index in [-0.39, 0.29) is 5.91 Å². The van der Waals surface area contributed by atoms with E-state index >= 15 is 0 Å². The van der Waals surface area contributed by atoms with Gasteiger partial charge in [-0.2, -0.15) is 0 Å². The Morgan fingerprint density at radius 1 is 1.14 bits per heavy atom. The normalized spacial score (nSPS) is 16.5. The zero-order valence-electron chi connectivity index (χ0n) is 21.2. The molecule has 4 aromatic rings. The Balaban J connectivity index is 1.29. The van der Waals surface area contributed by atoms with Crippen LogP contribution in [0.15, 0.2) is 76.9 Å². The van der Waals surface area contributed by atoms with Gasteiger partial charge in [0.1, 0.15) is 5.58 Å². The number of carbonyl (C=O) groups excluding carboxylic acids is 1. The lowest BCUT2D eigenvalue weighted by Crippen LogP contribution is -2.43. The number of amides is 1. The number of aromatic nitrogens is 1. The predicted molar refractivity (Wildman–Crippen MR) is 143 cm³/mol. The van der Waals surface area contributed by atoms with Gasteiger partial charge in [0.2, 0.25) is 0 Å². The summed E-state index contributed by atoms with van der Waals surface area (Å²) in [4.78, 5) is 21.5. The number of rotatable bonds is 6. The summed E-state index contributed by atoms with van der Waals surface area (Å²) in [6.45, 7) is 7.32. The van der Waals surface area contributed by atoms with Crippen LogP contribution in [0, 0.1) is 0 Å². The van der Waals surface area contributed by atoms with Crippen LogP contribution in [0.3, 0.4) is 0 Å². The molecule has 0 unspecified atom stereocenters. The van der Waals surface area contributed by atoms with E-state index in [1.54, 1.807) is 24.2 Å². The van der Waals surface area contributed by atoms with Crippen LogP contribution in [0.25, 0.3) is 21.9 Å². The summed E-state index contributed by atoms with van der Waals surface area (Å²) in [5.41, 5.74) is 3.98. The second-order valence-electron chi connectivity index (χ2n) is 10.00. The monoisotopic (exact) mass is 483 g/mol. The number of nitrogens with zero attached hydrogens (tertiary/aromatic N) is 3. The van der Waals surface area contributed by atoms with Gasteiger partial charge in [0.25, 0.3) is 5.91 Å². The summed E-state index contributed by atoms with van der Waals surface area (Å²) < 4.78 is 5.91. The van der Waals surface area contributed by atoms with E-state index in [2.05, 4.69) is 35.9 Å². The molecule has 186 valence electrons. The maximum Gasteiger partial charge on any atom is 0.289 e. The highest BCUT2D eigenvalue weighted by atomic mass is 16.3. The molecule has 1 fully saturated rings. The number of fused-ring (bicyclic) bond motifs is 2. The summed E-state index contributed by atoms with van der Waals surface area (Å²) in [5, 5.41) is 13.3. The van der Waals surface area contributed by atoms with Crippen molar-refractivity contribution in [1.29, 1.82) is 0 Å². The van der Waals surface area contributed by atoms with Crippen LogP contribution in [0.1, 0.15) is 48.4 Å². The quantitative estimate of drug-likeness (QED) is 0.367. The summed E-state index contributed by atoms with van der Waals surface area (Å²) in [6.07, 6.45) is 5.29. The first-order valence-corrected chi connectivity index (χ1v) is 12.5. The summed E-state index contributed by atoms with van der Waals surface area (Å²) in [6, 6.07) is 17.5. The van der Waals surface area contributed by atoms with Crippen LogP contribution in [0.5, 0.6) is 0 Å². The fraction of sp³-hybridized carbons (Fsp3) is 0.333. The largest absolute Gasteiger partial charge is 0.451 e. The SMILES string of the molecule is CC=C(C)CN1CCC(O)(c2ccc3oc(C(=O)N(C)Cc4ccc5ncccc5c4)cc3c2)CC1. The number of furan rings is 1. The molecule has 0 bridgehead atoms. The third kappa shape index (κ3) is 4.92. The fourth-order valence-electron chi connectivity index (χ4n) is 5.01. The molecule has 2 aromatic carbocycles. The minimum Gasteiger partial charge on any atom is -0.451 e. The molecule has 6 heteroatoms. The lowest BCUT2D eigenvalue weighted by Gasteiger charge is -2.38. The third-order valence-corrected chi connectivity index (χ3v) is 7.35. The highest BCUT2D eigenvalue weighted by Gasteiger charge is 2.34. The molecule has 0 radical (unpaired) electrons. The first-order valence-electron chi connectivity index (χ1n) is 12.5. The molecule has 36 heavy (non-hydrogen) atoms. The second-order valence-corrected chi connectivity index (χ2v) is 10.00. The number of likely N-dealkylation sites (tertiary alicyclic amines) is 1. The molecule has 1 N–H and O–H groups in total. The maximum atomic E-state index is 13.1. The van der Waals surface area contributed by atoms with E-state index in [0.29, 0.717) is 30.7 Å². The molecule has 0 aliphatic carbocycles. The Morgan fingerprint density at radius 2 is 1.94 bits per heavy atom. The van der Waals surface area contributed by atoms with Crippen molar-refractivity contribution in [2.45, 2.75) is 38.8 Å². The summed E-state index contributed by atoms with van der Waals surface area (Å²) in [5.74, 6) is 0.126. The molecule has 1 aliphatic heterocycles. The van der Waals surface area contributed by atoms with Crippen LogP contribution in [-0.2, 0) is 12.1 Å². The van der Waals surface area contributed by atoms with Crippen molar-refractivity contribution in [2.24, 2.45) is 0 Å². The summed E-state index contributed by atoms with van der Waals surface area (Å²) >= 11 is 0.